The average molecular weight is 538 g/mol. The first-order valence-corrected chi connectivity index (χ1v) is 12.8. The van der Waals surface area contributed by atoms with Gasteiger partial charge in [0, 0.05) is 24.6 Å². The molecule has 5 rings (SSSR count). The highest BCUT2D eigenvalue weighted by Gasteiger charge is 2.24. The fourth-order valence-electron chi connectivity index (χ4n) is 4.48. The van der Waals surface area contributed by atoms with Crippen LogP contribution in [0.3, 0.4) is 0 Å². The SMILES string of the molecule is C[C@@H](NC(=O)c1nccnc1N)c1nc2cccc(C#CCNC(=O)[C@H]3CCOC3)c2c(=O)n1-c1ccccc1. The third-order valence-electron chi connectivity index (χ3n) is 6.49. The fraction of sp³-hybridized carbons (Fsp3) is 0.241. The summed E-state index contributed by atoms with van der Waals surface area (Å²) >= 11 is 0. The van der Waals surface area contributed by atoms with E-state index in [9.17, 15) is 14.4 Å². The van der Waals surface area contributed by atoms with Crippen LogP contribution in [0.25, 0.3) is 16.6 Å². The molecule has 1 fully saturated rings. The Hall–Kier alpha value is -5.08. The van der Waals surface area contributed by atoms with E-state index >= 15 is 0 Å². The van der Waals surface area contributed by atoms with Crippen molar-refractivity contribution in [3.05, 3.63) is 88.4 Å². The molecule has 2 amide bonds. The lowest BCUT2D eigenvalue weighted by atomic mass is 10.1. The number of fused-ring (bicyclic) bond motifs is 1. The molecule has 202 valence electrons. The van der Waals surface area contributed by atoms with Gasteiger partial charge in [-0.25, -0.2) is 15.0 Å². The maximum absolute atomic E-state index is 14.0. The van der Waals surface area contributed by atoms with Crippen LogP contribution < -0.4 is 21.9 Å². The van der Waals surface area contributed by atoms with Gasteiger partial charge in [-0.3, -0.25) is 19.0 Å². The van der Waals surface area contributed by atoms with E-state index in [2.05, 4.69) is 32.4 Å². The molecule has 0 bridgehead atoms. The van der Waals surface area contributed by atoms with Crippen LogP contribution in [0.2, 0.25) is 0 Å². The van der Waals surface area contributed by atoms with Crippen LogP contribution in [-0.4, -0.2) is 51.1 Å². The number of nitrogen functional groups attached to an aromatic ring is 1. The van der Waals surface area contributed by atoms with E-state index < -0.39 is 11.9 Å². The zero-order valence-electron chi connectivity index (χ0n) is 21.8. The Morgan fingerprint density at radius 3 is 2.70 bits per heavy atom. The minimum absolute atomic E-state index is 0.00454. The highest BCUT2D eigenvalue weighted by molar-refractivity contribution is 5.96. The monoisotopic (exact) mass is 537 g/mol. The van der Waals surface area contributed by atoms with Crippen molar-refractivity contribution in [1.82, 2.24) is 30.2 Å². The molecule has 11 nitrogen and oxygen atoms in total. The maximum atomic E-state index is 14.0. The summed E-state index contributed by atoms with van der Waals surface area (Å²) in [5.41, 5.74) is 6.94. The van der Waals surface area contributed by atoms with E-state index in [1.165, 1.54) is 17.0 Å². The number of para-hydroxylation sites is 1. The van der Waals surface area contributed by atoms with Crippen molar-refractivity contribution in [3.8, 4) is 17.5 Å². The van der Waals surface area contributed by atoms with E-state index in [1.54, 1.807) is 37.3 Å². The van der Waals surface area contributed by atoms with Gasteiger partial charge in [0.25, 0.3) is 11.5 Å². The zero-order valence-corrected chi connectivity index (χ0v) is 21.8. The third kappa shape index (κ3) is 5.52. The Morgan fingerprint density at radius 1 is 1.15 bits per heavy atom. The first-order chi connectivity index (χ1) is 19.4. The molecule has 4 N–H and O–H groups in total. The van der Waals surface area contributed by atoms with E-state index in [0.717, 1.165) is 0 Å². The number of hydrogen-bond donors (Lipinski definition) is 3. The van der Waals surface area contributed by atoms with Gasteiger partial charge in [-0.15, -0.1) is 0 Å². The van der Waals surface area contributed by atoms with Crippen molar-refractivity contribution in [3.63, 3.8) is 0 Å². The van der Waals surface area contributed by atoms with Crippen LogP contribution in [0.1, 0.15) is 41.3 Å². The summed E-state index contributed by atoms with van der Waals surface area (Å²) in [6.07, 6.45) is 3.47. The first kappa shape index (κ1) is 26.5. The van der Waals surface area contributed by atoms with Crippen LogP contribution in [0.5, 0.6) is 0 Å². The Balaban J connectivity index is 1.51. The molecule has 2 aromatic heterocycles. The van der Waals surface area contributed by atoms with Gasteiger partial charge in [0.05, 0.1) is 41.7 Å². The van der Waals surface area contributed by atoms with Crippen molar-refractivity contribution < 1.29 is 14.3 Å². The lowest BCUT2D eigenvalue weighted by molar-refractivity contribution is -0.124. The Kier molecular flexibility index (Phi) is 7.80. The summed E-state index contributed by atoms with van der Waals surface area (Å²) in [7, 11) is 0. The normalized spacial score (nSPS) is 15.2. The van der Waals surface area contributed by atoms with Gasteiger partial charge in [0.15, 0.2) is 11.5 Å². The quantitative estimate of drug-likeness (QED) is 0.314. The van der Waals surface area contributed by atoms with Gasteiger partial charge < -0.3 is 21.1 Å². The largest absolute Gasteiger partial charge is 0.382 e. The standard InChI is InChI=1S/C29H27N7O4/c1-18(34-28(38)24-25(30)32-15-14-31-24)26-35-22-11-5-7-19(8-6-13-33-27(37)20-12-16-40-17-20)23(22)29(39)36(26)21-9-3-2-4-10-21/h2-5,7,9-11,14-15,18,20H,12-13,16-17H2,1H3,(H2,30,32)(H,33,37)(H,34,38)/t18-,20+/m1/s1. The van der Waals surface area contributed by atoms with Crippen molar-refractivity contribution in [2.24, 2.45) is 5.92 Å². The third-order valence-corrected chi connectivity index (χ3v) is 6.49. The summed E-state index contributed by atoms with van der Waals surface area (Å²) < 4.78 is 6.72. The van der Waals surface area contributed by atoms with Gasteiger partial charge in [0.2, 0.25) is 5.91 Å². The molecule has 40 heavy (non-hydrogen) atoms. The topological polar surface area (TPSA) is 154 Å². The summed E-state index contributed by atoms with van der Waals surface area (Å²) in [5.74, 6) is 5.47. The van der Waals surface area contributed by atoms with Crippen LogP contribution in [0.4, 0.5) is 5.82 Å². The molecular formula is C29H27N7O4. The van der Waals surface area contributed by atoms with Gasteiger partial charge in [0.1, 0.15) is 5.82 Å². The molecule has 3 heterocycles. The molecule has 1 aliphatic rings. The molecular weight excluding hydrogens is 510 g/mol. The van der Waals surface area contributed by atoms with Crippen LogP contribution in [-0.2, 0) is 9.53 Å². The Labute approximate surface area is 229 Å². The number of amides is 2. The van der Waals surface area contributed by atoms with Gasteiger partial charge in [-0.1, -0.05) is 36.1 Å². The van der Waals surface area contributed by atoms with Gasteiger partial charge in [-0.05, 0) is 37.6 Å². The number of nitrogens with zero attached hydrogens (tertiary/aromatic N) is 4. The number of benzene rings is 2. The van der Waals surface area contributed by atoms with Crippen molar-refractivity contribution in [2.45, 2.75) is 19.4 Å². The van der Waals surface area contributed by atoms with Crippen molar-refractivity contribution in [2.75, 3.05) is 25.5 Å². The predicted octanol–water partition coefficient (Wildman–Crippen LogP) is 1.75. The van der Waals surface area contributed by atoms with E-state index in [-0.39, 0.29) is 35.4 Å². The molecule has 0 saturated carbocycles. The van der Waals surface area contributed by atoms with E-state index in [4.69, 9.17) is 15.5 Å². The zero-order chi connectivity index (χ0) is 28.1. The average Bonchev–Trinajstić information content (AvgIpc) is 3.51. The highest BCUT2D eigenvalue weighted by atomic mass is 16.5. The predicted molar refractivity (Wildman–Crippen MR) is 148 cm³/mol. The molecule has 1 saturated heterocycles. The number of anilines is 1. The molecule has 11 heteroatoms. The number of carbonyl (C=O) groups excluding carboxylic acids is 2. The minimum atomic E-state index is -0.698. The van der Waals surface area contributed by atoms with Crippen LogP contribution >= 0.6 is 0 Å². The molecule has 2 aromatic carbocycles. The first-order valence-electron chi connectivity index (χ1n) is 12.8. The number of hydrogen-bond acceptors (Lipinski definition) is 8. The molecule has 0 spiro atoms. The summed E-state index contributed by atoms with van der Waals surface area (Å²) in [6.45, 7) is 2.86. The number of ether oxygens (including phenoxy) is 1. The summed E-state index contributed by atoms with van der Waals surface area (Å²) in [5, 5.41) is 5.96. The minimum Gasteiger partial charge on any atom is -0.382 e. The van der Waals surface area contributed by atoms with E-state index in [0.29, 0.717) is 47.6 Å². The number of rotatable bonds is 6. The second-order valence-electron chi connectivity index (χ2n) is 9.21. The van der Waals surface area contributed by atoms with Crippen LogP contribution in [0, 0.1) is 17.8 Å². The Bertz CT molecular complexity index is 1690. The maximum Gasteiger partial charge on any atom is 0.274 e. The number of carbonyl (C=O) groups is 2. The Morgan fingerprint density at radius 2 is 1.95 bits per heavy atom. The van der Waals surface area contributed by atoms with Crippen molar-refractivity contribution >= 4 is 28.5 Å². The molecule has 1 aliphatic heterocycles. The number of nitrogens with two attached hydrogens (primary N) is 1. The lowest BCUT2D eigenvalue weighted by Gasteiger charge is -2.20. The second kappa shape index (κ2) is 11.8. The number of aromatic nitrogens is 4. The summed E-state index contributed by atoms with van der Waals surface area (Å²) in [6, 6.07) is 13.5. The number of nitrogens with one attached hydrogen (secondary N) is 2. The molecule has 0 unspecified atom stereocenters. The smallest absolute Gasteiger partial charge is 0.274 e. The van der Waals surface area contributed by atoms with Crippen molar-refractivity contribution in [1.29, 1.82) is 0 Å². The fourth-order valence-corrected chi connectivity index (χ4v) is 4.48. The molecule has 0 aliphatic carbocycles. The lowest BCUT2D eigenvalue weighted by Crippen LogP contribution is -2.34. The van der Waals surface area contributed by atoms with Gasteiger partial charge >= 0.3 is 0 Å². The van der Waals surface area contributed by atoms with Crippen LogP contribution in [0.15, 0.2) is 65.7 Å². The van der Waals surface area contributed by atoms with E-state index in [1.807, 2.05) is 18.2 Å². The van der Waals surface area contributed by atoms with Gasteiger partial charge in [-0.2, -0.15) is 0 Å². The molecule has 2 atom stereocenters. The molecule has 0 radical (unpaired) electrons. The summed E-state index contributed by atoms with van der Waals surface area (Å²) in [4.78, 5) is 51.9. The molecule has 4 aromatic rings. The highest BCUT2D eigenvalue weighted by Crippen LogP contribution is 2.20. The second-order valence-corrected chi connectivity index (χ2v) is 9.21.